The van der Waals surface area contributed by atoms with Crippen molar-refractivity contribution in [2.24, 2.45) is 5.92 Å². The molecule has 2 aromatic rings. The van der Waals surface area contributed by atoms with Gasteiger partial charge in [0.25, 0.3) is 0 Å². The van der Waals surface area contributed by atoms with Crippen LogP contribution in [0.2, 0.25) is 0 Å². The summed E-state index contributed by atoms with van der Waals surface area (Å²) in [7, 11) is 1.87. The van der Waals surface area contributed by atoms with Crippen molar-refractivity contribution in [2.45, 2.75) is 37.7 Å². The second-order valence-corrected chi connectivity index (χ2v) is 6.02. The Bertz CT molecular complexity index is 495. The van der Waals surface area contributed by atoms with Gasteiger partial charge in [-0.1, -0.05) is 73.5 Å². The highest BCUT2D eigenvalue weighted by Crippen LogP contribution is 2.41. The molecule has 1 nitrogen and oxygen atoms in total. The van der Waals surface area contributed by atoms with Gasteiger partial charge in [-0.25, -0.2) is 0 Å². The minimum Gasteiger partial charge on any atom is -0.381 e. The van der Waals surface area contributed by atoms with Gasteiger partial charge in [-0.2, -0.15) is 0 Å². The minimum atomic E-state index is 0.379. The lowest BCUT2D eigenvalue weighted by molar-refractivity contribution is 0.0173. The third-order valence-electron chi connectivity index (χ3n) is 4.80. The molecule has 21 heavy (non-hydrogen) atoms. The molecule has 0 N–H and O–H groups in total. The Hall–Kier alpha value is -1.60. The number of methoxy groups -OCH3 is 1. The Labute approximate surface area is 128 Å². The van der Waals surface area contributed by atoms with Gasteiger partial charge in [-0.3, -0.25) is 0 Å². The second-order valence-electron chi connectivity index (χ2n) is 6.02. The predicted octanol–water partition coefficient (Wildman–Crippen LogP) is 5.02. The fourth-order valence-corrected chi connectivity index (χ4v) is 3.81. The largest absolute Gasteiger partial charge is 0.381 e. The zero-order valence-electron chi connectivity index (χ0n) is 12.7. The zero-order chi connectivity index (χ0) is 14.5. The highest BCUT2D eigenvalue weighted by molar-refractivity contribution is 5.33. The molecule has 0 amide bonds. The Morgan fingerprint density at radius 2 is 1.33 bits per heavy atom. The van der Waals surface area contributed by atoms with Crippen LogP contribution < -0.4 is 0 Å². The van der Waals surface area contributed by atoms with Gasteiger partial charge in [-0.15, -0.1) is 0 Å². The van der Waals surface area contributed by atoms with Crippen molar-refractivity contribution in [3.05, 3.63) is 71.8 Å². The summed E-state index contributed by atoms with van der Waals surface area (Å²) in [5.74, 6) is 1.02. The third-order valence-corrected chi connectivity index (χ3v) is 4.80. The first-order chi connectivity index (χ1) is 10.4. The van der Waals surface area contributed by atoms with Gasteiger partial charge in [0.2, 0.25) is 0 Å². The van der Waals surface area contributed by atoms with E-state index in [1.54, 1.807) is 0 Å². The Balaban J connectivity index is 2.00. The minimum absolute atomic E-state index is 0.379. The van der Waals surface area contributed by atoms with Crippen LogP contribution >= 0.6 is 0 Å². The lowest BCUT2D eigenvalue weighted by Gasteiger charge is -2.37. The van der Waals surface area contributed by atoms with E-state index in [1.165, 1.54) is 36.8 Å². The average molecular weight is 280 g/mol. The first kappa shape index (κ1) is 14.3. The van der Waals surface area contributed by atoms with E-state index >= 15 is 0 Å². The van der Waals surface area contributed by atoms with E-state index in [0.29, 0.717) is 17.9 Å². The Morgan fingerprint density at radius 3 is 1.86 bits per heavy atom. The van der Waals surface area contributed by atoms with Crippen molar-refractivity contribution in [1.82, 2.24) is 0 Å². The molecule has 110 valence electrons. The topological polar surface area (TPSA) is 9.23 Å². The molecular weight excluding hydrogens is 256 g/mol. The molecule has 0 spiro atoms. The van der Waals surface area contributed by atoms with Gasteiger partial charge in [-0.05, 0) is 29.9 Å². The van der Waals surface area contributed by atoms with Crippen molar-refractivity contribution in [2.75, 3.05) is 7.11 Å². The molecule has 1 saturated carbocycles. The Kier molecular flexibility index (Phi) is 4.72. The van der Waals surface area contributed by atoms with E-state index in [1.807, 2.05) is 7.11 Å². The normalized spacial score (nSPS) is 22.4. The lowest BCUT2D eigenvalue weighted by atomic mass is 9.72. The van der Waals surface area contributed by atoms with Crippen LogP contribution in [0.15, 0.2) is 60.7 Å². The summed E-state index contributed by atoms with van der Waals surface area (Å²) in [5.41, 5.74) is 2.83. The van der Waals surface area contributed by atoms with E-state index in [4.69, 9.17) is 4.74 Å². The lowest BCUT2D eigenvalue weighted by Crippen LogP contribution is -2.32. The van der Waals surface area contributed by atoms with Crippen LogP contribution in [0.4, 0.5) is 0 Å². The fraction of sp³-hybridized carbons (Fsp3) is 0.400. The summed E-state index contributed by atoms with van der Waals surface area (Å²) < 4.78 is 5.83. The smallest absolute Gasteiger partial charge is 0.0608 e. The number of ether oxygens (including phenoxy) is 1. The molecular formula is C20H24O. The summed E-state index contributed by atoms with van der Waals surface area (Å²) in [6, 6.07) is 21.8. The summed E-state index contributed by atoms with van der Waals surface area (Å²) in [5, 5.41) is 0. The SMILES string of the molecule is CO[C@H]1CCCC[C@H]1C(c1ccccc1)c1ccccc1. The Morgan fingerprint density at radius 1 is 0.810 bits per heavy atom. The van der Waals surface area contributed by atoms with Crippen molar-refractivity contribution >= 4 is 0 Å². The van der Waals surface area contributed by atoms with E-state index < -0.39 is 0 Å². The van der Waals surface area contributed by atoms with Crippen LogP contribution in [-0.4, -0.2) is 13.2 Å². The average Bonchev–Trinajstić information content (AvgIpc) is 2.58. The van der Waals surface area contributed by atoms with Crippen LogP contribution in [0.3, 0.4) is 0 Å². The molecule has 0 bridgehead atoms. The summed E-state index contributed by atoms with van der Waals surface area (Å²) in [6.45, 7) is 0. The standard InChI is InChI=1S/C20H24O/c1-21-19-15-9-8-14-18(19)20(16-10-4-2-5-11-16)17-12-6-3-7-13-17/h2-7,10-13,18-20H,8-9,14-15H2,1H3/t18-,19+/m1/s1. The van der Waals surface area contributed by atoms with Gasteiger partial charge >= 0.3 is 0 Å². The highest BCUT2D eigenvalue weighted by atomic mass is 16.5. The second kappa shape index (κ2) is 6.91. The van der Waals surface area contributed by atoms with E-state index in [-0.39, 0.29) is 0 Å². The number of hydrogen-bond donors (Lipinski definition) is 0. The van der Waals surface area contributed by atoms with Gasteiger partial charge in [0.1, 0.15) is 0 Å². The molecule has 2 aromatic carbocycles. The molecule has 0 aromatic heterocycles. The quantitative estimate of drug-likeness (QED) is 0.763. The maximum atomic E-state index is 5.83. The van der Waals surface area contributed by atoms with E-state index in [0.717, 1.165) is 0 Å². The molecule has 0 aliphatic heterocycles. The summed E-state index contributed by atoms with van der Waals surface area (Å²) in [6.07, 6.45) is 5.44. The predicted molar refractivity (Wildman–Crippen MR) is 87.5 cm³/mol. The van der Waals surface area contributed by atoms with Crippen molar-refractivity contribution in [3.8, 4) is 0 Å². The van der Waals surface area contributed by atoms with Gasteiger partial charge in [0.15, 0.2) is 0 Å². The van der Waals surface area contributed by atoms with Crippen molar-refractivity contribution in [1.29, 1.82) is 0 Å². The van der Waals surface area contributed by atoms with Crippen LogP contribution in [0.5, 0.6) is 0 Å². The molecule has 3 rings (SSSR count). The number of hydrogen-bond acceptors (Lipinski definition) is 1. The molecule has 0 unspecified atom stereocenters. The van der Waals surface area contributed by atoms with Crippen molar-refractivity contribution in [3.63, 3.8) is 0 Å². The molecule has 2 atom stereocenters. The van der Waals surface area contributed by atoms with E-state index in [9.17, 15) is 0 Å². The van der Waals surface area contributed by atoms with Gasteiger partial charge in [0.05, 0.1) is 6.10 Å². The monoisotopic (exact) mass is 280 g/mol. The molecule has 0 radical (unpaired) electrons. The van der Waals surface area contributed by atoms with Crippen LogP contribution in [0, 0.1) is 5.92 Å². The summed E-state index contributed by atoms with van der Waals surface area (Å²) >= 11 is 0. The fourth-order valence-electron chi connectivity index (χ4n) is 3.81. The van der Waals surface area contributed by atoms with Gasteiger partial charge < -0.3 is 4.74 Å². The van der Waals surface area contributed by atoms with Crippen LogP contribution in [-0.2, 0) is 4.74 Å². The number of benzene rings is 2. The molecule has 1 aliphatic carbocycles. The van der Waals surface area contributed by atoms with Gasteiger partial charge in [0, 0.05) is 13.0 Å². The van der Waals surface area contributed by atoms with Crippen molar-refractivity contribution < 1.29 is 4.74 Å². The molecule has 0 heterocycles. The highest BCUT2D eigenvalue weighted by Gasteiger charge is 2.33. The first-order valence-corrected chi connectivity index (χ1v) is 8.03. The first-order valence-electron chi connectivity index (χ1n) is 8.03. The van der Waals surface area contributed by atoms with Crippen LogP contribution in [0.25, 0.3) is 0 Å². The molecule has 1 heteroatoms. The number of rotatable bonds is 4. The third kappa shape index (κ3) is 3.19. The molecule has 1 aliphatic rings. The van der Waals surface area contributed by atoms with Crippen LogP contribution in [0.1, 0.15) is 42.7 Å². The zero-order valence-corrected chi connectivity index (χ0v) is 12.7. The molecule has 1 fully saturated rings. The maximum absolute atomic E-state index is 5.83. The molecule has 0 saturated heterocycles. The van der Waals surface area contributed by atoms with E-state index in [2.05, 4.69) is 60.7 Å². The summed E-state index contributed by atoms with van der Waals surface area (Å²) in [4.78, 5) is 0. The maximum Gasteiger partial charge on any atom is 0.0608 e.